The number of thiocarbonyl (C=S) groups is 1. The average Bonchev–Trinajstić information content (AvgIpc) is 3.08. The second-order valence-electron chi connectivity index (χ2n) is 7.89. The number of carbonyl (C=O) groups excluding carboxylic acids is 1. The fraction of sp³-hybridized carbons (Fsp3) is 0.125. The summed E-state index contributed by atoms with van der Waals surface area (Å²) >= 11 is 5.27. The predicted molar refractivity (Wildman–Crippen MR) is 126 cm³/mol. The van der Waals surface area contributed by atoms with Gasteiger partial charge in [-0.1, -0.05) is 30.3 Å². The van der Waals surface area contributed by atoms with Gasteiger partial charge in [-0.3, -0.25) is 9.69 Å². The first-order chi connectivity index (χ1) is 16.9. The van der Waals surface area contributed by atoms with E-state index >= 15 is 0 Å². The minimum absolute atomic E-state index is 0.204. The third-order valence-electron chi connectivity index (χ3n) is 5.62. The van der Waals surface area contributed by atoms with Crippen molar-refractivity contribution in [2.24, 2.45) is 0 Å². The SMILES string of the molecule is N#Cc1ccc(N2C(=O)[C@@](CS(=O)(=O)c3ccc(F)cc3)(c3ccccc3)NC2=S)cc1C(F)(F)F. The van der Waals surface area contributed by atoms with Gasteiger partial charge in [0.1, 0.15) is 5.82 Å². The number of halogens is 4. The molecule has 0 aromatic heterocycles. The van der Waals surface area contributed by atoms with Gasteiger partial charge >= 0.3 is 6.18 Å². The average molecular weight is 534 g/mol. The van der Waals surface area contributed by atoms with E-state index in [1.165, 1.54) is 18.2 Å². The molecule has 0 bridgehead atoms. The summed E-state index contributed by atoms with van der Waals surface area (Å²) in [5, 5.41) is 11.5. The van der Waals surface area contributed by atoms with Crippen LogP contribution in [0.25, 0.3) is 0 Å². The maximum Gasteiger partial charge on any atom is 0.417 e. The number of amides is 1. The summed E-state index contributed by atoms with van der Waals surface area (Å²) in [6.45, 7) is 0. The number of alkyl halides is 3. The fourth-order valence-corrected chi connectivity index (χ4v) is 5.93. The first-order valence-electron chi connectivity index (χ1n) is 10.2. The van der Waals surface area contributed by atoms with Crippen LogP contribution in [0.3, 0.4) is 0 Å². The largest absolute Gasteiger partial charge is 0.417 e. The molecule has 3 aromatic carbocycles. The Bertz CT molecular complexity index is 1500. The van der Waals surface area contributed by atoms with Crippen LogP contribution in [0.15, 0.2) is 77.7 Å². The molecule has 0 unspecified atom stereocenters. The minimum Gasteiger partial charge on any atom is -0.343 e. The van der Waals surface area contributed by atoms with E-state index in [1.807, 2.05) is 0 Å². The molecule has 1 fully saturated rings. The first-order valence-corrected chi connectivity index (χ1v) is 12.3. The smallest absolute Gasteiger partial charge is 0.343 e. The Hall–Kier alpha value is -3.82. The van der Waals surface area contributed by atoms with Gasteiger partial charge < -0.3 is 5.32 Å². The van der Waals surface area contributed by atoms with Crippen molar-refractivity contribution < 1.29 is 30.8 Å². The topological polar surface area (TPSA) is 90.3 Å². The van der Waals surface area contributed by atoms with Crippen LogP contribution < -0.4 is 10.2 Å². The number of nitrogens with one attached hydrogen (secondary N) is 1. The molecule has 4 rings (SSSR count). The molecule has 0 radical (unpaired) electrons. The molecule has 1 aliphatic rings. The summed E-state index contributed by atoms with van der Waals surface area (Å²) in [4.78, 5) is 14.3. The van der Waals surface area contributed by atoms with Crippen molar-refractivity contribution in [2.75, 3.05) is 10.7 Å². The molecule has 184 valence electrons. The maximum atomic E-state index is 13.8. The van der Waals surface area contributed by atoms with Crippen molar-refractivity contribution in [1.29, 1.82) is 5.26 Å². The Balaban J connectivity index is 1.85. The molecule has 1 atom stereocenters. The minimum atomic E-state index is -4.89. The van der Waals surface area contributed by atoms with Crippen molar-refractivity contribution in [3.8, 4) is 6.07 Å². The summed E-state index contributed by atoms with van der Waals surface area (Å²) in [6, 6.07) is 15.8. The van der Waals surface area contributed by atoms with E-state index in [0.717, 1.165) is 41.3 Å². The number of carbonyl (C=O) groups is 1. The molecule has 3 aromatic rings. The summed E-state index contributed by atoms with van der Waals surface area (Å²) in [7, 11) is -4.23. The molecule has 1 heterocycles. The second-order valence-corrected chi connectivity index (χ2v) is 10.3. The lowest BCUT2D eigenvalue weighted by atomic mass is 9.91. The standard InChI is InChI=1S/C24H15F4N3O3S2/c25-17-7-10-19(11-8-17)36(33,34)14-23(16-4-2-1-3-5-16)21(32)31(22(35)30-23)18-9-6-15(13-29)20(12-18)24(26,27)28/h1-12H,14H2,(H,30,35)/t23-/m1/s1. The third kappa shape index (κ3) is 4.43. The number of benzene rings is 3. The molecule has 0 aliphatic carbocycles. The highest BCUT2D eigenvalue weighted by Gasteiger charge is 2.54. The van der Waals surface area contributed by atoms with Gasteiger partial charge in [-0.15, -0.1) is 0 Å². The lowest BCUT2D eigenvalue weighted by Gasteiger charge is -2.27. The van der Waals surface area contributed by atoms with Crippen molar-refractivity contribution in [3.05, 3.63) is 95.3 Å². The predicted octanol–water partition coefficient (Wildman–Crippen LogP) is 4.31. The van der Waals surface area contributed by atoms with E-state index in [4.69, 9.17) is 17.5 Å². The lowest BCUT2D eigenvalue weighted by molar-refractivity contribution is -0.137. The van der Waals surface area contributed by atoms with Crippen molar-refractivity contribution in [2.45, 2.75) is 16.6 Å². The molecule has 0 saturated carbocycles. The highest BCUT2D eigenvalue weighted by molar-refractivity contribution is 7.91. The monoisotopic (exact) mass is 533 g/mol. The van der Waals surface area contributed by atoms with Crippen LogP contribution in [-0.2, 0) is 26.3 Å². The Morgan fingerprint density at radius 2 is 1.67 bits per heavy atom. The van der Waals surface area contributed by atoms with Crippen LogP contribution in [0.1, 0.15) is 16.7 Å². The number of hydrogen-bond donors (Lipinski definition) is 1. The number of rotatable bonds is 5. The number of hydrogen-bond acceptors (Lipinski definition) is 5. The first kappa shape index (κ1) is 25.3. The normalized spacial score (nSPS) is 18.1. The van der Waals surface area contributed by atoms with E-state index < -0.39 is 50.2 Å². The van der Waals surface area contributed by atoms with Gasteiger partial charge in [-0.05, 0) is 60.2 Å². The zero-order chi connectivity index (χ0) is 26.3. The molecule has 36 heavy (non-hydrogen) atoms. The van der Waals surface area contributed by atoms with E-state index in [-0.39, 0.29) is 21.3 Å². The quantitative estimate of drug-likeness (QED) is 0.299. The van der Waals surface area contributed by atoms with E-state index in [1.54, 1.807) is 18.2 Å². The van der Waals surface area contributed by atoms with Crippen molar-refractivity contribution >= 4 is 38.8 Å². The molecule has 0 spiro atoms. The Morgan fingerprint density at radius 1 is 1.03 bits per heavy atom. The van der Waals surface area contributed by atoms with Gasteiger partial charge in [-0.25, -0.2) is 12.8 Å². The fourth-order valence-electron chi connectivity index (χ4n) is 3.92. The molecular formula is C24H15F4N3O3S2. The Morgan fingerprint density at radius 3 is 2.25 bits per heavy atom. The zero-order valence-corrected chi connectivity index (χ0v) is 19.7. The molecule has 1 N–H and O–H groups in total. The highest BCUT2D eigenvalue weighted by atomic mass is 32.2. The van der Waals surface area contributed by atoms with Gasteiger partial charge in [0.2, 0.25) is 0 Å². The Labute approximate surface area is 208 Å². The second kappa shape index (κ2) is 9.00. The number of anilines is 1. The van der Waals surface area contributed by atoms with E-state index in [9.17, 15) is 30.8 Å². The number of sulfone groups is 1. The van der Waals surface area contributed by atoms with Crippen LogP contribution in [-0.4, -0.2) is 25.2 Å². The molecule has 1 aliphatic heterocycles. The van der Waals surface area contributed by atoms with Crippen LogP contribution in [0.2, 0.25) is 0 Å². The lowest BCUT2D eigenvalue weighted by Crippen LogP contribution is -2.49. The van der Waals surface area contributed by atoms with E-state index in [0.29, 0.717) is 6.07 Å². The Kier molecular flexibility index (Phi) is 6.32. The van der Waals surface area contributed by atoms with Gasteiger partial charge in [0, 0.05) is 0 Å². The molecule has 1 saturated heterocycles. The summed E-state index contributed by atoms with van der Waals surface area (Å²) in [6.07, 6.45) is -4.89. The van der Waals surface area contributed by atoms with Gasteiger partial charge in [0.25, 0.3) is 5.91 Å². The number of nitriles is 1. The van der Waals surface area contributed by atoms with E-state index in [2.05, 4.69) is 5.32 Å². The summed E-state index contributed by atoms with van der Waals surface area (Å²) in [5.41, 5.74) is -3.99. The zero-order valence-electron chi connectivity index (χ0n) is 18.1. The highest BCUT2D eigenvalue weighted by Crippen LogP contribution is 2.39. The molecule has 1 amide bonds. The molecule has 6 nitrogen and oxygen atoms in total. The van der Waals surface area contributed by atoms with Crippen LogP contribution in [0.4, 0.5) is 23.2 Å². The summed E-state index contributed by atoms with van der Waals surface area (Å²) < 4.78 is 80.5. The van der Waals surface area contributed by atoms with Crippen molar-refractivity contribution in [1.82, 2.24) is 5.32 Å². The van der Waals surface area contributed by atoms with Crippen LogP contribution in [0.5, 0.6) is 0 Å². The third-order valence-corrected chi connectivity index (χ3v) is 7.71. The maximum absolute atomic E-state index is 13.8. The van der Waals surface area contributed by atoms with Gasteiger partial charge in [-0.2, -0.15) is 18.4 Å². The molecular weight excluding hydrogens is 518 g/mol. The van der Waals surface area contributed by atoms with Gasteiger partial charge in [0.05, 0.1) is 33.5 Å². The van der Waals surface area contributed by atoms with Crippen molar-refractivity contribution in [3.63, 3.8) is 0 Å². The van der Waals surface area contributed by atoms with Crippen LogP contribution >= 0.6 is 12.2 Å². The van der Waals surface area contributed by atoms with Gasteiger partial charge in [0.15, 0.2) is 20.5 Å². The van der Waals surface area contributed by atoms with Crippen LogP contribution in [0, 0.1) is 17.1 Å². The number of nitrogens with zero attached hydrogens (tertiary/aromatic N) is 2. The molecule has 12 heteroatoms. The summed E-state index contributed by atoms with van der Waals surface area (Å²) in [5.74, 6) is -2.44.